The number of hydrogen-bond acceptors (Lipinski definition) is 7. The molecule has 1 amide bonds. The second-order valence-electron chi connectivity index (χ2n) is 8.92. The van der Waals surface area contributed by atoms with E-state index in [-0.39, 0.29) is 29.6 Å². The van der Waals surface area contributed by atoms with Crippen molar-refractivity contribution in [2.75, 3.05) is 31.8 Å². The number of nitrogens with zero attached hydrogens (tertiary/aromatic N) is 3. The van der Waals surface area contributed by atoms with E-state index in [1.807, 2.05) is 31.2 Å². The Morgan fingerprint density at radius 1 is 1.29 bits per heavy atom. The van der Waals surface area contributed by atoms with Crippen molar-refractivity contribution in [3.8, 4) is 17.0 Å². The van der Waals surface area contributed by atoms with Crippen LogP contribution in [0.4, 0.5) is 0 Å². The molecule has 180 valence electrons. The predicted octanol–water partition coefficient (Wildman–Crippen LogP) is 2.68. The van der Waals surface area contributed by atoms with Gasteiger partial charge >= 0.3 is 0 Å². The van der Waals surface area contributed by atoms with Crippen LogP contribution >= 0.6 is 0 Å². The summed E-state index contributed by atoms with van der Waals surface area (Å²) in [4.78, 5) is 18.2. The van der Waals surface area contributed by atoms with Gasteiger partial charge in [-0.05, 0) is 44.4 Å². The molecular weight excluding hydrogens is 456 g/mol. The van der Waals surface area contributed by atoms with Gasteiger partial charge in [-0.1, -0.05) is 12.1 Å². The molecule has 0 saturated carbocycles. The zero-order valence-corrected chi connectivity index (χ0v) is 20.1. The van der Waals surface area contributed by atoms with E-state index in [1.165, 1.54) is 0 Å². The molecule has 1 N–H and O–H groups in total. The summed E-state index contributed by atoms with van der Waals surface area (Å²) in [7, 11) is -1.52. The molecule has 4 heterocycles. The van der Waals surface area contributed by atoms with Crippen molar-refractivity contribution >= 4 is 26.8 Å². The number of fused-ring (bicyclic) bond motifs is 1. The van der Waals surface area contributed by atoms with Gasteiger partial charge < -0.3 is 14.8 Å². The number of ether oxygens (including phenoxy) is 2. The monoisotopic (exact) mass is 484 g/mol. The Labute approximate surface area is 198 Å². The first-order valence-corrected chi connectivity index (χ1v) is 13.3. The number of aryl methyl sites for hydroxylation is 1. The van der Waals surface area contributed by atoms with Crippen LogP contribution < -0.4 is 10.1 Å². The topological polar surface area (TPSA) is 112 Å². The summed E-state index contributed by atoms with van der Waals surface area (Å²) in [5, 5.41) is 8.29. The van der Waals surface area contributed by atoms with E-state index >= 15 is 0 Å². The van der Waals surface area contributed by atoms with E-state index in [9.17, 15) is 13.2 Å². The summed E-state index contributed by atoms with van der Waals surface area (Å²) in [6, 6.07) is 8.93. The summed E-state index contributed by atoms with van der Waals surface area (Å²) in [6.07, 6.45) is 2.42. The Morgan fingerprint density at radius 3 is 2.85 bits per heavy atom. The van der Waals surface area contributed by atoms with E-state index < -0.39 is 9.84 Å². The number of nitrogens with one attached hydrogen (secondary N) is 1. The molecule has 2 fully saturated rings. The van der Waals surface area contributed by atoms with E-state index in [0.29, 0.717) is 46.7 Å². The van der Waals surface area contributed by atoms with Crippen LogP contribution in [0.3, 0.4) is 0 Å². The lowest BCUT2D eigenvalue weighted by Gasteiger charge is -2.14. The highest BCUT2D eigenvalue weighted by Crippen LogP contribution is 2.32. The summed E-state index contributed by atoms with van der Waals surface area (Å²) in [5.41, 5.74) is 3.01. The lowest BCUT2D eigenvalue weighted by Crippen LogP contribution is -2.32. The van der Waals surface area contributed by atoms with Crippen LogP contribution in [0.1, 0.15) is 41.4 Å². The fourth-order valence-corrected chi connectivity index (χ4v) is 6.44. The molecule has 0 spiro atoms. The van der Waals surface area contributed by atoms with Gasteiger partial charge in [0.25, 0.3) is 5.91 Å². The average molecular weight is 485 g/mol. The Balaban J connectivity index is 1.61. The van der Waals surface area contributed by atoms with E-state index in [0.717, 1.165) is 25.0 Å². The molecule has 2 aromatic heterocycles. The molecule has 34 heavy (non-hydrogen) atoms. The first-order valence-electron chi connectivity index (χ1n) is 11.5. The standard InChI is InChI=1S/C24H28N4O5S/c1-15-22-20(24(29)25-13-19-7-4-9-33-19)12-21(16-5-3-6-18(11-16)32-2)26-23(22)28(27-15)17-8-10-34(30,31)14-17/h3,5-6,11-12,17,19H,4,7-10,13-14H2,1-2H3,(H,25,29)/t17-,19-/m0/s1. The van der Waals surface area contributed by atoms with Crippen molar-refractivity contribution in [3.05, 3.63) is 41.6 Å². The zero-order chi connectivity index (χ0) is 23.9. The zero-order valence-electron chi connectivity index (χ0n) is 19.3. The molecule has 5 rings (SSSR count). The molecular formula is C24H28N4O5S. The Hall–Kier alpha value is -2.98. The van der Waals surface area contributed by atoms with Gasteiger partial charge in [-0.15, -0.1) is 0 Å². The Morgan fingerprint density at radius 2 is 2.15 bits per heavy atom. The maximum absolute atomic E-state index is 13.4. The van der Waals surface area contributed by atoms with Crippen LogP contribution in [-0.4, -0.2) is 67.0 Å². The van der Waals surface area contributed by atoms with E-state index in [1.54, 1.807) is 17.9 Å². The fourth-order valence-electron chi connectivity index (χ4n) is 4.75. The van der Waals surface area contributed by atoms with Crippen LogP contribution in [0.15, 0.2) is 30.3 Å². The highest BCUT2D eigenvalue weighted by atomic mass is 32.2. The van der Waals surface area contributed by atoms with Gasteiger partial charge in [0.2, 0.25) is 0 Å². The van der Waals surface area contributed by atoms with Crippen molar-refractivity contribution < 1.29 is 22.7 Å². The number of sulfone groups is 1. The number of hydrogen-bond donors (Lipinski definition) is 1. The summed E-state index contributed by atoms with van der Waals surface area (Å²) in [5.74, 6) is 0.598. The molecule has 1 aromatic carbocycles. The quantitative estimate of drug-likeness (QED) is 0.572. The number of pyridine rings is 1. The van der Waals surface area contributed by atoms with Crippen molar-refractivity contribution in [3.63, 3.8) is 0 Å². The lowest BCUT2D eigenvalue weighted by atomic mass is 10.0. The SMILES string of the molecule is COc1cccc(-c2cc(C(=O)NC[C@@H]3CCCO3)c3c(C)nn([C@H]4CCS(=O)(=O)C4)c3n2)c1. The molecule has 2 aliphatic rings. The molecule has 9 nitrogen and oxygen atoms in total. The minimum Gasteiger partial charge on any atom is -0.497 e. The third-order valence-corrected chi connectivity index (χ3v) is 8.27. The molecule has 0 aliphatic carbocycles. The largest absolute Gasteiger partial charge is 0.497 e. The summed E-state index contributed by atoms with van der Waals surface area (Å²) < 4.78 is 37.0. The van der Waals surface area contributed by atoms with Crippen molar-refractivity contribution in [1.82, 2.24) is 20.1 Å². The third-order valence-electron chi connectivity index (χ3n) is 6.52. The fraction of sp³-hybridized carbons (Fsp3) is 0.458. The van der Waals surface area contributed by atoms with Gasteiger partial charge in [-0.25, -0.2) is 18.1 Å². The number of benzene rings is 1. The van der Waals surface area contributed by atoms with Gasteiger partial charge in [-0.2, -0.15) is 5.10 Å². The van der Waals surface area contributed by atoms with Crippen LogP contribution in [0.25, 0.3) is 22.3 Å². The first kappa shape index (κ1) is 22.8. The second kappa shape index (κ2) is 8.99. The number of methoxy groups -OCH3 is 1. The van der Waals surface area contributed by atoms with E-state index in [4.69, 9.17) is 14.5 Å². The lowest BCUT2D eigenvalue weighted by molar-refractivity contribution is 0.0859. The second-order valence-corrected chi connectivity index (χ2v) is 11.1. The number of carbonyl (C=O) groups excluding carboxylic acids is 1. The van der Waals surface area contributed by atoms with Crippen LogP contribution in [0.5, 0.6) is 5.75 Å². The maximum atomic E-state index is 13.4. The van der Waals surface area contributed by atoms with Gasteiger partial charge in [0.15, 0.2) is 15.5 Å². The van der Waals surface area contributed by atoms with Crippen LogP contribution in [0, 0.1) is 6.92 Å². The minimum absolute atomic E-state index is 0.0200. The molecule has 0 bridgehead atoms. The van der Waals surface area contributed by atoms with Crippen molar-refractivity contribution in [2.45, 2.75) is 38.3 Å². The Bertz CT molecular complexity index is 1340. The number of amides is 1. The Kier molecular flexibility index (Phi) is 6.03. The minimum atomic E-state index is -3.12. The van der Waals surface area contributed by atoms with E-state index in [2.05, 4.69) is 10.4 Å². The highest BCUT2D eigenvalue weighted by Gasteiger charge is 2.32. The predicted molar refractivity (Wildman–Crippen MR) is 128 cm³/mol. The molecule has 2 atom stereocenters. The van der Waals surface area contributed by atoms with Crippen LogP contribution in [-0.2, 0) is 14.6 Å². The molecule has 3 aromatic rings. The van der Waals surface area contributed by atoms with Gasteiger partial charge in [0.05, 0.1) is 53.1 Å². The number of rotatable bonds is 6. The van der Waals surface area contributed by atoms with Crippen molar-refractivity contribution in [2.24, 2.45) is 0 Å². The van der Waals surface area contributed by atoms with Crippen LogP contribution in [0.2, 0.25) is 0 Å². The highest BCUT2D eigenvalue weighted by molar-refractivity contribution is 7.91. The number of aromatic nitrogens is 3. The molecule has 0 radical (unpaired) electrons. The number of carbonyl (C=O) groups is 1. The molecule has 0 unspecified atom stereocenters. The molecule has 2 aliphatic heterocycles. The molecule has 2 saturated heterocycles. The third kappa shape index (κ3) is 4.39. The van der Waals surface area contributed by atoms with Crippen molar-refractivity contribution in [1.29, 1.82) is 0 Å². The average Bonchev–Trinajstić information content (AvgIpc) is 3.56. The summed E-state index contributed by atoms with van der Waals surface area (Å²) in [6.45, 7) is 2.98. The maximum Gasteiger partial charge on any atom is 0.252 e. The van der Waals surface area contributed by atoms with Gasteiger partial charge in [0, 0.05) is 18.7 Å². The smallest absolute Gasteiger partial charge is 0.252 e. The summed E-state index contributed by atoms with van der Waals surface area (Å²) >= 11 is 0. The van der Waals surface area contributed by atoms with Gasteiger partial charge in [-0.3, -0.25) is 4.79 Å². The first-order chi connectivity index (χ1) is 16.3. The normalized spacial score (nSPS) is 21.7. The van der Waals surface area contributed by atoms with Gasteiger partial charge in [0.1, 0.15) is 5.75 Å². The molecule has 10 heteroatoms.